The summed E-state index contributed by atoms with van der Waals surface area (Å²) in [6.45, 7) is 4.22. The minimum absolute atomic E-state index is 0.128. The lowest BCUT2D eigenvalue weighted by molar-refractivity contribution is -0.118. The van der Waals surface area contributed by atoms with Crippen LogP contribution < -0.4 is 19.9 Å². The summed E-state index contributed by atoms with van der Waals surface area (Å²) in [6.07, 6.45) is 1.72. The van der Waals surface area contributed by atoms with Crippen LogP contribution in [0.5, 0.6) is 5.75 Å². The first kappa shape index (κ1) is 24.6. The van der Waals surface area contributed by atoms with Crippen molar-refractivity contribution in [1.29, 1.82) is 0 Å². The Bertz CT molecular complexity index is 1500. The molecule has 0 aliphatic carbocycles. The molecule has 0 bridgehead atoms. The van der Waals surface area contributed by atoms with Gasteiger partial charge in [-0.3, -0.25) is 4.79 Å². The van der Waals surface area contributed by atoms with Crippen LogP contribution in [-0.4, -0.2) is 68.4 Å². The monoisotopic (exact) mass is 534 g/mol. The summed E-state index contributed by atoms with van der Waals surface area (Å²) in [5, 5.41) is 3.31. The van der Waals surface area contributed by atoms with Crippen LogP contribution in [0.2, 0.25) is 0 Å². The average Bonchev–Trinajstić information content (AvgIpc) is 3.36. The first-order valence-corrected chi connectivity index (χ1v) is 14.2. The molecule has 0 radical (unpaired) electrons. The van der Waals surface area contributed by atoms with Gasteiger partial charge in [0.1, 0.15) is 11.6 Å². The number of carbonyl (C=O) groups is 1. The number of hydrogen-bond donors (Lipinski definition) is 1. The summed E-state index contributed by atoms with van der Waals surface area (Å²) in [7, 11) is -2.02. The number of methoxy groups -OCH3 is 1. The molecular weight excluding hydrogens is 504 g/mol. The van der Waals surface area contributed by atoms with E-state index in [2.05, 4.69) is 10.3 Å². The first-order chi connectivity index (χ1) is 18.3. The van der Waals surface area contributed by atoms with Crippen LogP contribution in [0.4, 0.5) is 23.1 Å². The molecule has 11 heteroatoms. The number of aromatic nitrogens is 2. The van der Waals surface area contributed by atoms with E-state index in [1.54, 1.807) is 23.5 Å². The molecule has 1 amide bonds. The van der Waals surface area contributed by atoms with Gasteiger partial charge in [-0.1, -0.05) is 0 Å². The van der Waals surface area contributed by atoms with Crippen molar-refractivity contribution in [3.05, 3.63) is 59.3 Å². The predicted molar refractivity (Wildman–Crippen MR) is 145 cm³/mol. The summed E-state index contributed by atoms with van der Waals surface area (Å²) < 4.78 is 34.0. The molecule has 1 N–H and O–H groups in total. The molecule has 0 saturated carbocycles. The zero-order valence-electron chi connectivity index (χ0n) is 21.5. The van der Waals surface area contributed by atoms with E-state index in [4.69, 9.17) is 9.72 Å². The van der Waals surface area contributed by atoms with Gasteiger partial charge in [-0.2, -0.15) is 9.29 Å². The van der Waals surface area contributed by atoms with E-state index in [1.165, 1.54) is 0 Å². The fourth-order valence-electron chi connectivity index (χ4n) is 5.43. The number of anilines is 4. The van der Waals surface area contributed by atoms with Crippen molar-refractivity contribution in [3.63, 3.8) is 0 Å². The van der Waals surface area contributed by atoms with E-state index >= 15 is 0 Å². The topological polar surface area (TPSA) is 108 Å². The highest BCUT2D eigenvalue weighted by Gasteiger charge is 2.35. The van der Waals surface area contributed by atoms with Gasteiger partial charge in [0.25, 0.3) is 0 Å². The molecule has 10 nitrogen and oxygen atoms in total. The highest BCUT2D eigenvalue weighted by molar-refractivity contribution is 7.89. The molecular formula is C27H30N6O4S. The maximum atomic E-state index is 13.6. The zero-order chi connectivity index (χ0) is 26.4. The van der Waals surface area contributed by atoms with Crippen molar-refractivity contribution in [2.45, 2.75) is 31.1 Å². The molecule has 0 spiro atoms. The number of carbonyl (C=O) groups excluding carboxylic acids is 1. The Hall–Kier alpha value is -3.70. The van der Waals surface area contributed by atoms with E-state index in [0.717, 1.165) is 33.9 Å². The second kappa shape index (κ2) is 9.55. The minimum atomic E-state index is -3.65. The molecule has 0 unspecified atom stereocenters. The normalized spacial score (nSPS) is 17.5. The number of nitrogens with one attached hydrogen (secondary N) is 1. The molecule has 1 aromatic heterocycles. The van der Waals surface area contributed by atoms with Crippen LogP contribution in [0.3, 0.4) is 0 Å². The molecule has 2 aromatic carbocycles. The van der Waals surface area contributed by atoms with Crippen LogP contribution in [0.15, 0.2) is 47.4 Å². The third-order valence-corrected chi connectivity index (χ3v) is 9.27. The van der Waals surface area contributed by atoms with E-state index in [-0.39, 0.29) is 5.91 Å². The van der Waals surface area contributed by atoms with Crippen molar-refractivity contribution in [2.75, 3.05) is 55.0 Å². The van der Waals surface area contributed by atoms with Gasteiger partial charge in [-0.25, -0.2) is 13.4 Å². The molecule has 4 heterocycles. The van der Waals surface area contributed by atoms with Crippen LogP contribution in [0.1, 0.15) is 23.2 Å². The first-order valence-electron chi connectivity index (χ1n) is 12.8. The number of piperazine rings is 1. The summed E-state index contributed by atoms with van der Waals surface area (Å²) in [5.41, 5.74) is 4.55. The largest absolute Gasteiger partial charge is 0.497 e. The highest BCUT2D eigenvalue weighted by atomic mass is 32.2. The lowest BCUT2D eigenvalue weighted by Gasteiger charge is -2.34. The number of amides is 1. The Morgan fingerprint density at radius 2 is 1.61 bits per heavy atom. The number of sulfonamides is 1. The minimum Gasteiger partial charge on any atom is -0.497 e. The Balaban J connectivity index is 1.17. The smallest absolute Gasteiger partial charge is 0.243 e. The third kappa shape index (κ3) is 4.45. The predicted octanol–water partition coefficient (Wildman–Crippen LogP) is 2.88. The number of aryl methyl sites for hydroxylation is 2. The number of benzene rings is 2. The Labute approximate surface area is 222 Å². The van der Waals surface area contributed by atoms with Crippen molar-refractivity contribution < 1.29 is 17.9 Å². The fraction of sp³-hybridized carbons (Fsp3) is 0.370. The van der Waals surface area contributed by atoms with Crippen LogP contribution in [0.25, 0.3) is 0 Å². The van der Waals surface area contributed by atoms with Gasteiger partial charge in [0.05, 0.1) is 17.7 Å². The summed E-state index contributed by atoms with van der Waals surface area (Å²) >= 11 is 0. The third-order valence-electron chi connectivity index (χ3n) is 7.39. The van der Waals surface area contributed by atoms with Gasteiger partial charge < -0.3 is 19.9 Å². The van der Waals surface area contributed by atoms with Crippen LogP contribution >= 0.6 is 0 Å². The molecule has 198 valence electrons. The standard InChI is InChI=1S/C27H30N6O4S/c1-18-15-24(29-21-4-6-22(37-2)7-5-21)30-27(28-18)31-11-13-32(14-12-31)38(35,36)23-16-19-3-8-25(34)33-10-9-20(17-23)26(19)33/h4-7,15-17H,3,8-14H2,1-2H3,(H,28,29,30). The van der Waals surface area contributed by atoms with Gasteiger partial charge in [-0.05, 0) is 67.3 Å². The average molecular weight is 535 g/mol. The van der Waals surface area contributed by atoms with E-state index in [1.807, 2.05) is 47.1 Å². The van der Waals surface area contributed by atoms with Gasteiger partial charge >= 0.3 is 0 Å². The molecule has 3 aliphatic rings. The highest BCUT2D eigenvalue weighted by Crippen LogP contribution is 2.39. The van der Waals surface area contributed by atoms with E-state index < -0.39 is 10.0 Å². The number of nitrogens with zero attached hydrogens (tertiary/aromatic N) is 5. The number of ether oxygens (including phenoxy) is 1. The second-order valence-corrected chi connectivity index (χ2v) is 11.8. The number of hydrogen-bond acceptors (Lipinski definition) is 8. The Kier molecular flexibility index (Phi) is 6.19. The fourth-order valence-corrected chi connectivity index (χ4v) is 6.96. The van der Waals surface area contributed by atoms with Gasteiger partial charge in [0.2, 0.25) is 21.9 Å². The lowest BCUT2D eigenvalue weighted by atomic mass is 10.00. The SMILES string of the molecule is COc1ccc(Nc2cc(C)nc(N3CCN(S(=O)(=O)c4cc5c6c(c4)CCN6C(=O)CC5)CC3)n2)cc1. The summed E-state index contributed by atoms with van der Waals surface area (Å²) in [4.78, 5) is 25.7. The quantitative estimate of drug-likeness (QED) is 0.515. The molecule has 3 aliphatic heterocycles. The van der Waals surface area contributed by atoms with Crippen molar-refractivity contribution in [1.82, 2.24) is 14.3 Å². The zero-order valence-corrected chi connectivity index (χ0v) is 22.3. The van der Waals surface area contributed by atoms with Gasteiger partial charge in [0, 0.05) is 56.6 Å². The summed E-state index contributed by atoms with van der Waals surface area (Å²) in [5.74, 6) is 2.15. The molecule has 0 atom stereocenters. The molecule has 1 saturated heterocycles. The van der Waals surface area contributed by atoms with Crippen LogP contribution in [-0.2, 0) is 27.7 Å². The molecule has 3 aromatic rings. The van der Waals surface area contributed by atoms with Gasteiger partial charge in [-0.15, -0.1) is 0 Å². The van der Waals surface area contributed by atoms with E-state index in [9.17, 15) is 13.2 Å². The van der Waals surface area contributed by atoms with E-state index in [0.29, 0.717) is 68.6 Å². The summed E-state index contributed by atoms with van der Waals surface area (Å²) in [6, 6.07) is 13.0. The second-order valence-electron chi connectivity index (χ2n) is 9.82. The van der Waals surface area contributed by atoms with Crippen molar-refractivity contribution in [3.8, 4) is 5.75 Å². The number of rotatable bonds is 6. The Morgan fingerprint density at radius 3 is 2.32 bits per heavy atom. The van der Waals surface area contributed by atoms with Gasteiger partial charge in [0.15, 0.2) is 0 Å². The molecule has 6 rings (SSSR count). The molecule has 1 fully saturated rings. The molecule has 38 heavy (non-hydrogen) atoms. The Morgan fingerprint density at radius 1 is 0.895 bits per heavy atom. The van der Waals surface area contributed by atoms with Crippen molar-refractivity contribution in [2.24, 2.45) is 0 Å². The maximum Gasteiger partial charge on any atom is 0.243 e. The lowest BCUT2D eigenvalue weighted by Crippen LogP contribution is -2.49. The van der Waals surface area contributed by atoms with Crippen molar-refractivity contribution >= 4 is 39.1 Å². The van der Waals surface area contributed by atoms with Crippen LogP contribution in [0, 0.1) is 6.92 Å². The maximum absolute atomic E-state index is 13.6.